The summed E-state index contributed by atoms with van der Waals surface area (Å²) in [7, 11) is 0. The van der Waals surface area contributed by atoms with E-state index in [0.717, 1.165) is 14.9 Å². The van der Waals surface area contributed by atoms with Gasteiger partial charge in [0.05, 0.1) is 17.4 Å². The topological polar surface area (TPSA) is 33.4 Å². The van der Waals surface area contributed by atoms with Gasteiger partial charge in [-0.2, -0.15) is 0 Å². The molecule has 0 aliphatic carbocycles. The largest absolute Gasteiger partial charge is 0.469 e. The molecule has 0 aliphatic rings. The summed E-state index contributed by atoms with van der Waals surface area (Å²) in [5.41, 5.74) is 0.807. The Kier molecular flexibility index (Phi) is 3.89. The van der Waals surface area contributed by atoms with Gasteiger partial charge in [-0.15, -0.1) is 0 Å². The lowest BCUT2D eigenvalue weighted by molar-refractivity contribution is 0.170. The Morgan fingerprint density at radius 2 is 2.19 bits per heavy atom. The normalized spacial score (nSPS) is 12.7. The molecule has 2 rings (SSSR count). The molecule has 0 radical (unpaired) electrons. The lowest BCUT2D eigenvalue weighted by Crippen LogP contribution is -2.01. The van der Waals surface area contributed by atoms with Crippen molar-refractivity contribution >= 4 is 34.2 Å². The summed E-state index contributed by atoms with van der Waals surface area (Å²) in [6.07, 6.45) is 1.48. The van der Waals surface area contributed by atoms with Gasteiger partial charge in [0, 0.05) is 9.99 Å². The second kappa shape index (κ2) is 5.21. The second-order valence-electron chi connectivity index (χ2n) is 3.47. The number of furan rings is 1. The molecule has 0 bridgehead atoms. The van der Waals surface area contributed by atoms with Gasteiger partial charge in [0.15, 0.2) is 0 Å². The van der Waals surface area contributed by atoms with Crippen molar-refractivity contribution in [3.8, 4) is 0 Å². The van der Waals surface area contributed by atoms with Crippen LogP contribution in [-0.2, 0) is 6.42 Å². The van der Waals surface area contributed by atoms with Crippen molar-refractivity contribution in [2.75, 3.05) is 0 Å². The summed E-state index contributed by atoms with van der Waals surface area (Å²) in [5.74, 6) is 0.766. The van der Waals surface area contributed by atoms with E-state index in [-0.39, 0.29) is 0 Å². The molecule has 1 heterocycles. The highest BCUT2D eigenvalue weighted by Crippen LogP contribution is 2.25. The van der Waals surface area contributed by atoms with Crippen LogP contribution in [0.4, 0.5) is 0 Å². The van der Waals surface area contributed by atoms with Crippen LogP contribution in [0.3, 0.4) is 0 Å². The first-order valence-electron chi connectivity index (χ1n) is 4.82. The van der Waals surface area contributed by atoms with Crippen LogP contribution < -0.4 is 0 Å². The average molecular weight is 349 g/mol. The second-order valence-corrected chi connectivity index (χ2v) is 5.04. The van der Waals surface area contributed by atoms with Gasteiger partial charge in [0.25, 0.3) is 0 Å². The molecule has 0 spiro atoms. The van der Waals surface area contributed by atoms with E-state index in [2.05, 4.69) is 22.6 Å². The molecule has 0 amide bonds. The van der Waals surface area contributed by atoms with Crippen molar-refractivity contribution in [1.82, 2.24) is 0 Å². The van der Waals surface area contributed by atoms with Gasteiger partial charge in [0.2, 0.25) is 0 Å². The number of benzene rings is 1. The van der Waals surface area contributed by atoms with Crippen molar-refractivity contribution < 1.29 is 9.52 Å². The molecular formula is C12H10ClIO2. The van der Waals surface area contributed by atoms with Gasteiger partial charge in [-0.3, -0.25) is 0 Å². The van der Waals surface area contributed by atoms with Gasteiger partial charge in [-0.05, 0) is 52.4 Å². The third-order valence-electron chi connectivity index (χ3n) is 2.30. The van der Waals surface area contributed by atoms with Crippen LogP contribution >= 0.6 is 34.2 Å². The minimum Gasteiger partial charge on any atom is -0.469 e. The van der Waals surface area contributed by atoms with Crippen LogP contribution in [0.2, 0.25) is 5.02 Å². The molecular weight excluding hydrogens is 338 g/mol. The maximum atomic E-state index is 9.99. The number of aliphatic hydroxyl groups is 1. The molecule has 2 nitrogen and oxygen atoms in total. The SMILES string of the molecule is OC(Cc1ccco1)c1ccc(I)c(Cl)c1. The van der Waals surface area contributed by atoms with Gasteiger partial charge < -0.3 is 9.52 Å². The summed E-state index contributed by atoms with van der Waals surface area (Å²) in [5, 5.41) is 10.7. The highest BCUT2D eigenvalue weighted by molar-refractivity contribution is 14.1. The average Bonchev–Trinajstić information content (AvgIpc) is 2.74. The zero-order chi connectivity index (χ0) is 11.5. The Balaban J connectivity index is 2.14. The van der Waals surface area contributed by atoms with Gasteiger partial charge in [-0.25, -0.2) is 0 Å². The maximum Gasteiger partial charge on any atom is 0.106 e. The van der Waals surface area contributed by atoms with Crippen molar-refractivity contribution in [1.29, 1.82) is 0 Å². The third kappa shape index (κ3) is 2.78. The summed E-state index contributed by atoms with van der Waals surface area (Å²) < 4.78 is 6.16. The van der Waals surface area contributed by atoms with E-state index in [9.17, 15) is 5.11 Å². The molecule has 1 N–H and O–H groups in total. The fourth-order valence-electron chi connectivity index (χ4n) is 1.46. The highest BCUT2D eigenvalue weighted by Gasteiger charge is 2.11. The van der Waals surface area contributed by atoms with Crippen LogP contribution in [0, 0.1) is 3.57 Å². The molecule has 1 aromatic carbocycles. The Labute approximate surface area is 112 Å². The number of halogens is 2. The molecule has 0 aliphatic heterocycles. The van der Waals surface area contributed by atoms with E-state index in [1.807, 2.05) is 24.3 Å². The van der Waals surface area contributed by atoms with E-state index in [1.165, 1.54) is 0 Å². The lowest BCUT2D eigenvalue weighted by Gasteiger charge is -2.10. The summed E-state index contributed by atoms with van der Waals surface area (Å²) in [6, 6.07) is 9.21. The predicted octanol–water partition coefficient (Wildman–Crippen LogP) is 3.81. The molecule has 2 aromatic rings. The summed E-state index contributed by atoms with van der Waals surface area (Å²) >= 11 is 8.15. The van der Waals surface area contributed by atoms with Crippen LogP contribution in [-0.4, -0.2) is 5.11 Å². The fraction of sp³-hybridized carbons (Fsp3) is 0.167. The Bertz CT molecular complexity index is 468. The highest BCUT2D eigenvalue weighted by atomic mass is 127. The Morgan fingerprint density at radius 1 is 1.38 bits per heavy atom. The van der Waals surface area contributed by atoms with Gasteiger partial charge in [0.1, 0.15) is 5.76 Å². The first-order valence-corrected chi connectivity index (χ1v) is 6.28. The quantitative estimate of drug-likeness (QED) is 0.856. The molecule has 1 aromatic heterocycles. The monoisotopic (exact) mass is 348 g/mol. The number of hydrogen-bond acceptors (Lipinski definition) is 2. The minimum atomic E-state index is -0.583. The first kappa shape index (κ1) is 12.0. The Hall–Kier alpha value is -0.520. The predicted molar refractivity (Wildman–Crippen MR) is 71.5 cm³/mol. The zero-order valence-electron chi connectivity index (χ0n) is 8.36. The van der Waals surface area contributed by atoms with E-state index >= 15 is 0 Å². The lowest BCUT2D eigenvalue weighted by atomic mass is 10.1. The molecule has 0 saturated heterocycles. The van der Waals surface area contributed by atoms with Crippen LogP contribution in [0.25, 0.3) is 0 Å². The number of aliphatic hydroxyl groups excluding tert-OH is 1. The molecule has 1 unspecified atom stereocenters. The van der Waals surface area contributed by atoms with E-state index in [0.29, 0.717) is 11.4 Å². The third-order valence-corrected chi connectivity index (χ3v) is 3.88. The van der Waals surface area contributed by atoms with Crippen LogP contribution in [0.15, 0.2) is 41.0 Å². The fourth-order valence-corrected chi connectivity index (χ4v) is 1.98. The number of hydrogen-bond donors (Lipinski definition) is 1. The number of rotatable bonds is 3. The molecule has 0 fully saturated rings. The van der Waals surface area contributed by atoms with Crippen molar-refractivity contribution in [2.45, 2.75) is 12.5 Å². The van der Waals surface area contributed by atoms with E-state index < -0.39 is 6.10 Å². The molecule has 84 valence electrons. The van der Waals surface area contributed by atoms with Crippen molar-refractivity contribution in [3.05, 3.63) is 56.5 Å². The molecule has 1 atom stereocenters. The standard InChI is InChI=1S/C12H10ClIO2/c13-10-6-8(3-4-11(10)14)12(15)7-9-2-1-5-16-9/h1-6,12,15H,7H2. The van der Waals surface area contributed by atoms with Crippen LogP contribution in [0.1, 0.15) is 17.4 Å². The Morgan fingerprint density at radius 3 is 2.81 bits per heavy atom. The van der Waals surface area contributed by atoms with Crippen molar-refractivity contribution in [2.24, 2.45) is 0 Å². The van der Waals surface area contributed by atoms with Gasteiger partial charge in [-0.1, -0.05) is 17.7 Å². The smallest absolute Gasteiger partial charge is 0.106 e. The van der Waals surface area contributed by atoms with Crippen LogP contribution in [0.5, 0.6) is 0 Å². The summed E-state index contributed by atoms with van der Waals surface area (Å²) in [6.45, 7) is 0. The molecule has 16 heavy (non-hydrogen) atoms. The molecule has 0 saturated carbocycles. The van der Waals surface area contributed by atoms with E-state index in [1.54, 1.807) is 12.3 Å². The minimum absolute atomic E-state index is 0.462. The first-order chi connectivity index (χ1) is 7.66. The van der Waals surface area contributed by atoms with Gasteiger partial charge >= 0.3 is 0 Å². The summed E-state index contributed by atoms with van der Waals surface area (Å²) in [4.78, 5) is 0. The van der Waals surface area contributed by atoms with E-state index in [4.69, 9.17) is 16.0 Å². The van der Waals surface area contributed by atoms with Crippen molar-refractivity contribution in [3.63, 3.8) is 0 Å². The maximum absolute atomic E-state index is 9.99. The zero-order valence-corrected chi connectivity index (χ0v) is 11.3. The molecule has 4 heteroatoms.